The summed E-state index contributed by atoms with van der Waals surface area (Å²) in [5, 5.41) is 10.4. The molecular weight excluding hydrogens is 984 g/mol. The molecule has 2 aliphatic heterocycles. The fourth-order valence-corrected chi connectivity index (χ4v) is 17.7. The van der Waals surface area contributed by atoms with Crippen molar-refractivity contribution < 1.29 is 4.42 Å². The number of fused-ring (bicyclic) bond motifs is 20. The van der Waals surface area contributed by atoms with Crippen LogP contribution >= 0.6 is 22.7 Å². The van der Waals surface area contributed by atoms with Gasteiger partial charge >= 0.3 is 6.85 Å². The number of hydrogen-bond acceptors (Lipinski definition) is 4. The third-order valence-corrected chi connectivity index (χ3v) is 22.4. The van der Waals surface area contributed by atoms with Crippen molar-refractivity contribution >= 4 is 136 Å². The fraction of sp³-hybridized carbons (Fsp3) is 0.333. The van der Waals surface area contributed by atoms with Crippen molar-refractivity contribution in [3.8, 4) is 16.8 Å². The van der Waals surface area contributed by atoms with Crippen LogP contribution in [0.15, 0.2) is 120 Å². The number of hydrogen-bond donors (Lipinski definition) is 0. The fourth-order valence-electron chi connectivity index (χ4n) is 15.4. The lowest BCUT2D eigenvalue weighted by Gasteiger charge is -2.43. The van der Waals surface area contributed by atoms with Crippen LogP contribution in [0, 0.1) is 0 Å². The number of furan rings is 1. The molecule has 6 heteroatoms. The molecule has 4 aliphatic rings. The highest BCUT2D eigenvalue weighted by Crippen LogP contribution is 2.57. The van der Waals surface area contributed by atoms with Crippen molar-refractivity contribution in [1.82, 2.24) is 4.57 Å². The van der Waals surface area contributed by atoms with E-state index in [1.54, 1.807) is 0 Å². The lowest BCUT2D eigenvalue weighted by Crippen LogP contribution is -2.61. The van der Waals surface area contributed by atoms with E-state index in [4.69, 9.17) is 4.42 Å². The van der Waals surface area contributed by atoms with Crippen molar-refractivity contribution in [3.63, 3.8) is 0 Å². The number of anilines is 2. The average Bonchev–Trinajstić information content (AvgIpc) is 2.80. The Kier molecular flexibility index (Phi) is 9.11. The summed E-state index contributed by atoms with van der Waals surface area (Å²) in [4.78, 5) is 2.84. The Morgan fingerprint density at radius 1 is 0.487 bits per heavy atom. The second kappa shape index (κ2) is 14.9. The van der Waals surface area contributed by atoms with Gasteiger partial charge in [0.2, 0.25) is 0 Å². The number of thiophene rings is 2. The van der Waals surface area contributed by atoms with Crippen LogP contribution in [-0.2, 0) is 32.5 Å². The summed E-state index contributed by atoms with van der Waals surface area (Å²) in [6, 6.07) is 46.5. The predicted octanol–water partition coefficient (Wildman–Crippen LogP) is 19.9. The minimum Gasteiger partial charge on any atom is -0.454 e. The molecule has 0 amide bonds. The van der Waals surface area contributed by atoms with Crippen molar-refractivity contribution in [1.29, 1.82) is 0 Å². The lowest BCUT2D eigenvalue weighted by molar-refractivity contribution is 0.332. The second-order valence-corrected chi connectivity index (χ2v) is 31.1. The summed E-state index contributed by atoms with van der Waals surface area (Å²) < 4.78 is 15.5. The van der Waals surface area contributed by atoms with E-state index in [1.807, 2.05) is 22.7 Å². The number of benzene rings is 8. The Labute approximate surface area is 467 Å². The van der Waals surface area contributed by atoms with Gasteiger partial charge in [-0.25, -0.2) is 0 Å². The van der Waals surface area contributed by atoms with E-state index < -0.39 is 0 Å². The number of nitrogens with zero attached hydrogens (tertiary/aromatic N) is 2. The zero-order chi connectivity index (χ0) is 53.9. The quantitative estimate of drug-likeness (QED) is 0.153. The molecule has 0 radical (unpaired) electrons. The van der Waals surface area contributed by atoms with Crippen LogP contribution in [0.2, 0.25) is 0 Å². The van der Waals surface area contributed by atoms with Crippen LogP contribution < -0.4 is 15.7 Å². The summed E-state index contributed by atoms with van der Waals surface area (Å²) >= 11 is 3.97. The molecule has 0 fully saturated rings. The number of rotatable bonds is 1. The molecule has 12 aromatic rings. The number of para-hydroxylation sites is 1. The standard InChI is InChI=1S/C72H69BN2OS2/c1-67(2,3)38-22-23-52-41(30-38)42-31-39(68(4,5)6)32-51-64(42)74(52)65-63-46(33-43-40-18-15-16-20-55(40)76-66(43)65)61-54(24-25-57-62(61)45-35-48-50(37-59(45)78-57)72(13,14)29-27-70(48,9)10)75(73(51)63)53-19-17-21-56-60(53)44-34-47-49(36-58(44)77-56)71(11,12)28-26-69(47,7)8/h15-25,30-37H,26-29H2,1-14H3. The smallest absolute Gasteiger partial charge is 0.333 e. The van der Waals surface area contributed by atoms with Gasteiger partial charge in [-0.15, -0.1) is 22.7 Å². The Bertz CT molecular complexity index is 4720. The van der Waals surface area contributed by atoms with Crippen LogP contribution in [0.4, 0.5) is 11.4 Å². The van der Waals surface area contributed by atoms with Crippen LogP contribution in [-0.4, -0.2) is 11.4 Å². The Balaban J connectivity index is 1.13. The molecule has 0 atom stereocenters. The van der Waals surface area contributed by atoms with Gasteiger partial charge in [0.15, 0.2) is 5.58 Å². The first-order chi connectivity index (χ1) is 36.9. The van der Waals surface area contributed by atoms with Crippen LogP contribution in [0.25, 0.3) is 101 Å². The molecule has 4 aromatic heterocycles. The maximum atomic E-state index is 7.39. The molecule has 0 spiro atoms. The molecule has 2 aliphatic carbocycles. The average molecular weight is 1050 g/mol. The summed E-state index contributed by atoms with van der Waals surface area (Å²) in [5.41, 5.74) is 22.4. The molecule has 0 saturated heterocycles. The van der Waals surface area contributed by atoms with E-state index in [2.05, 4.69) is 222 Å². The first kappa shape index (κ1) is 47.6. The largest absolute Gasteiger partial charge is 0.454 e. The molecule has 0 saturated carbocycles. The molecule has 388 valence electrons. The van der Waals surface area contributed by atoms with Gasteiger partial charge in [0.05, 0.1) is 16.7 Å². The van der Waals surface area contributed by atoms with Gasteiger partial charge < -0.3 is 13.8 Å². The third kappa shape index (κ3) is 6.17. The van der Waals surface area contributed by atoms with Crippen LogP contribution in [0.1, 0.15) is 156 Å². The van der Waals surface area contributed by atoms with Gasteiger partial charge in [-0.1, -0.05) is 133 Å². The first-order valence-corrected chi connectivity index (χ1v) is 30.5. The summed E-state index contributed by atoms with van der Waals surface area (Å²) in [6.07, 6.45) is 4.74. The van der Waals surface area contributed by atoms with Crippen molar-refractivity contribution in [2.75, 3.05) is 4.81 Å². The van der Waals surface area contributed by atoms with Gasteiger partial charge in [0.1, 0.15) is 5.58 Å². The van der Waals surface area contributed by atoms with E-state index in [9.17, 15) is 0 Å². The monoisotopic (exact) mass is 1050 g/mol. The first-order valence-electron chi connectivity index (χ1n) is 28.9. The van der Waals surface area contributed by atoms with E-state index in [0.717, 1.165) is 16.6 Å². The molecule has 16 rings (SSSR count). The Morgan fingerprint density at radius 3 is 1.72 bits per heavy atom. The summed E-state index contributed by atoms with van der Waals surface area (Å²) in [5.74, 6) is 0. The van der Waals surface area contributed by atoms with E-state index >= 15 is 0 Å². The molecule has 3 nitrogen and oxygen atoms in total. The van der Waals surface area contributed by atoms with E-state index in [-0.39, 0.29) is 39.3 Å². The van der Waals surface area contributed by atoms with Crippen LogP contribution in [0.5, 0.6) is 0 Å². The van der Waals surface area contributed by atoms with Crippen LogP contribution in [0.3, 0.4) is 0 Å². The Hall–Kier alpha value is -6.34. The topological polar surface area (TPSA) is 21.3 Å². The summed E-state index contributed by atoms with van der Waals surface area (Å²) in [6.45, 7) is 33.9. The maximum Gasteiger partial charge on any atom is 0.333 e. The van der Waals surface area contributed by atoms with E-state index in [0.29, 0.717) is 0 Å². The molecule has 0 N–H and O–H groups in total. The van der Waals surface area contributed by atoms with Crippen molar-refractivity contribution in [2.24, 2.45) is 0 Å². The zero-order valence-corrected chi connectivity index (χ0v) is 49.6. The molecular formula is C72H69BN2OS2. The van der Waals surface area contributed by atoms with Gasteiger partial charge in [0, 0.05) is 78.8 Å². The highest BCUT2D eigenvalue weighted by molar-refractivity contribution is 7.26. The van der Waals surface area contributed by atoms with E-state index in [1.165, 1.54) is 166 Å². The maximum absolute atomic E-state index is 7.39. The minimum atomic E-state index is -0.188. The SMILES string of the molecule is CC(C)(C)c1ccc2c(c1)c1cc(C(C)(C)C)cc3c1n2-c1c2c(cc4c1oc1ccccc14)-c1c(ccc4sc5cc6c(cc5c14)C(C)(C)CCC6(C)C)N(c1cccc4sc5cc6c(cc5c14)C(C)(C)CCC6(C)C)B23. The molecule has 78 heavy (non-hydrogen) atoms. The van der Waals surface area contributed by atoms with Gasteiger partial charge in [0.25, 0.3) is 0 Å². The molecule has 6 heterocycles. The normalized spacial score (nSPS) is 18.0. The van der Waals surface area contributed by atoms with Gasteiger partial charge in [-0.2, -0.15) is 0 Å². The van der Waals surface area contributed by atoms with Gasteiger partial charge in [-0.3, -0.25) is 0 Å². The summed E-state index contributed by atoms with van der Waals surface area (Å²) in [7, 11) is 0. The lowest BCUT2D eigenvalue weighted by atomic mass is 9.43. The molecule has 0 bridgehead atoms. The number of aromatic nitrogens is 1. The third-order valence-electron chi connectivity index (χ3n) is 20.2. The minimum absolute atomic E-state index is 0.0284. The van der Waals surface area contributed by atoms with Crippen molar-refractivity contribution in [2.45, 2.75) is 155 Å². The predicted molar refractivity (Wildman–Crippen MR) is 341 cm³/mol. The van der Waals surface area contributed by atoms with Crippen molar-refractivity contribution in [3.05, 3.63) is 149 Å². The van der Waals surface area contributed by atoms with Gasteiger partial charge in [-0.05, 0) is 187 Å². The molecule has 0 unspecified atom stereocenters. The highest BCUT2D eigenvalue weighted by atomic mass is 32.1. The highest BCUT2D eigenvalue weighted by Gasteiger charge is 2.48. The second-order valence-electron chi connectivity index (χ2n) is 29.0. The Morgan fingerprint density at radius 2 is 1.08 bits per heavy atom. The zero-order valence-electron chi connectivity index (χ0n) is 48.0. The molecule has 8 aromatic carbocycles.